The van der Waals surface area contributed by atoms with Crippen molar-refractivity contribution in [2.45, 2.75) is 19.0 Å². The maximum absolute atomic E-state index is 14.4. The smallest absolute Gasteiger partial charge is 0.355 e. The van der Waals surface area contributed by atoms with Crippen LogP contribution in [0.4, 0.5) is 29.1 Å². The lowest BCUT2D eigenvalue weighted by Gasteiger charge is -2.32. The highest BCUT2D eigenvalue weighted by Gasteiger charge is 2.31. The first-order chi connectivity index (χ1) is 15.8. The van der Waals surface area contributed by atoms with Crippen LogP contribution in [-0.2, 0) is 11.0 Å². The van der Waals surface area contributed by atoms with Crippen LogP contribution in [0.2, 0.25) is 0 Å². The van der Waals surface area contributed by atoms with Gasteiger partial charge in [-0.05, 0) is 43.2 Å². The van der Waals surface area contributed by atoms with Crippen molar-refractivity contribution < 1.29 is 22.4 Å². The number of halogens is 4. The molecule has 1 aliphatic rings. The maximum atomic E-state index is 14.4. The third kappa shape index (κ3) is 4.10. The second kappa shape index (κ2) is 8.26. The van der Waals surface area contributed by atoms with E-state index in [0.29, 0.717) is 42.7 Å². The molecule has 1 fully saturated rings. The summed E-state index contributed by atoms with van der Waals surface area (Å²) in [5.74, 6) is -0.246. The molecule has 10 heteroatoms. The number of alkyl halides is 3. The topological polar surface area (TPSA) is 58.1 Å². The Labute approximate surface area is 190 Å². The lowest BCUT2D eigenvalue weighted by Crippen LogP contribution is -2.38. The first-order valence-corrected chi connectivity index (χ1v) is 11.2. The fourth-order valence-corrected chi connectivity index (χ4v) is 5.35. The minimum Gasteiger partial charge on any atom is -0.355 e. The number of carbonyl (C=O) groups is 1. The fourth-order valence-electron chi connectivity index (χ4n) is 4.16. The van der Waals surface area contributed by atoms with Gasteiger partial charge in [0.1, 0.15) is 18.0 Å². The zero-order valence-electron chi connectivity index (χ0n) is 17.2. The third-order valence-corrected chi connectivity index (χ3v) is 6.97. The van der Waals surface area contributed by atoms with Crippen LogP contribution in [-0.4, -0.2) is 29.0 Å². The van der Waals surface area contributed by atoms with Gasteiger partial charge in [-0.3, -0.25) is 4.79 Å². The molecule has 2 aromatic carbocycles. The Morgan fingerprint density at radius 2 is 1.85 bits per heavy atom. The first kappa shape index (κ1) is 21.6. The summed E-state index contributed by atoms with van der Waals surface area (Å²) in [6.07, 6.45) is -2.00. The summed E-state index contributed by atoms with van der Waals surface area (Å²) < 4.78 is 54.7. The summed E-state index contributed by atoms with van der Waals surface area (Å²) in [6.45, 7) is 1.09. The summed E-state index contributed by atoms with van der Waals surface area (Å²) in [6, 6.07) is 9.54. The normalized spacial score (nSPS) is 15.3. The van der Waals surface area contributed by atoms with Crippen molar-refractivity contribution in [3.8, 4) is 0 Å². The first-order valence-electron chi connectivity index (χ1n) is 10.4. The second-order valence-electron chi connectivity index (χ2n) is 7.92. The van der Waals surface area contributed by atoms with Crippen LogP contribution in [0.15, 0.2) is 48.8 Å². The van der Waals surface area contributed by atoms with Gasteiger partial charge in [-0.25, -0.2) is 14.4 Å². The number of carbonyl (C=O) groups excluding carboxylic acids is 1. The number of fused-ring (bicyclic) bond motifs is 3. The van der Waals surface area contributed by atoms with E-state index in [1.165, 1.54) is 35.9 Å². The molecule has 0 saturated carbocycles. The van der Waals surface area contributed by atoms with Gasteiger partial charge in [0.15, 0.2) is 0 Å². The number of hydrogen-bond donors (Lipinski definition) is 1. The van der Waals surface area contributed by atoms with E-state index in [-0.39, 0.29) is 23.3 Å². The molecule has 170 valence electrons. The van der Waals surface area contributed by atoms with Crippen LogP contribution in [0.5, 0.6) is 0 Å². The van der Waals surface area contributed by atoms with Crippen molar-refractivity contribution in [3.05, 3.63) is 60.2 Å². The molecule has 4 aromatic rings. The Balaban J connectivity index is 1.31. The number of rotatable bonds is 3. The van der Waals surface area contributed by atoms with Crippen LogP contribution in [0.25, 0.3) is 20.3 Å². The molecule has 2 aromatic heterocycles. The van der Waals surface area contributed by atoms with Crippen molar-refractivity contribution >= 4 is 49.1 Å². The molecule has 1 aliphatic heterocycles. The Morgan fingerprint density at radius 1 is 1.09 bits per heavy atom. The van der Waals surface area contributed by atoms with Crippen LogP contribution >= 0.6 is 11.3 Å². The van der Waals surface area contributed by atoms with E-state index in [1.807, 2.05) is 11.0 Å². The zero-order chi connectivity index (χ0) is 23.2. The van der Waals surface area contributed by atoms with Crippen LogP contribution < -0.4 is 10.2 Å². The molecule has 5 nitrogen and oxygen atoms in total. The zero-order valence-corrected chi connectivity index (χ0v) is 18.0. The molecule has 1 amide bonds. The number of aromatic nitrogens is 2. The van der Waals surface area contributed by atoms with Gasteiger partial charge >= 0.3 is 6.18 Å². The molecule has 1 saturated heterocycles. The molecule has 5 rings (SSSR count). The number of benzene rings is 2. The summed E-state index contributed by atoms with van der Waals surface area (Å²) in [4.78, 5) is 23.4. The van der Waals surface area contributed by atoms with Crippen LogP contribution in [0.1, 0.15) is 18.4 Å². The van der Waals surface area contributed by atoms with Gasteiger partial charge in [0.05, 0.1) is 21.2 Å². The monoisotopic (exact) mass is 474 g/mol. The molecule has 3 heterocycles. The van der Waals surface area contributed by atoms with Crippen LogP contribution in [0.3, 0.4) is 0 Å². The fraction of sp³-hybridized carbons (Fsp3) is 0.261. The van der Waals surface area contributed by atoms with E-state index in [9.17, 15) is 22.4 Å². The lowest BCUT2D eigenvalue weighted by molar-refractivity contribution is -0.137. The summed E-state index contributed by atoms with van der Waals surface area (Å²) in [5, 5.41) is 3.09. The molecule has 0 radical (unpaired) electrons. The Hall–Kier alpha value is -3.27. The molecule has 0 spiro atoms. The lowest BCUT2D eigenvalue weighted by atomic mass is 9.95. The van der Waals surface area contributed by atoms with Crippen molar-refractivity contribution in [2.24, 2.45) is 5.92 Å². The average Bonchev–Trinajstić information content (AvgIpc) is 3.19. The van der Waals surface area contributed by atoms with E-state index in [2.05, 4.69) is 15.3 Å². The largest absolute Gasteiger partial charge is 0.416 e. The molecular formula is C23H18F4N4OS. The molecular weight excluding hydrogens is 456 g/mol. The standard InChI is InChI=1S/C23H18F4N4OS/c24-16-5-2-6-17-18(16)19-20(33-17)21(29-12-28-19)31-9-7-13(8-10-31)22(32)30-15-4-1-3-14(11-15)23(25,26)27/h1-6,11-13H,7-10H2,(H,30,32). The number of nitrogens with zero attached hydrogens (tertiary/aromatic N) is 3. The van der Waals surface area contributed by atoms with Crippen molar-refractivity contribution in [1.82, 2.24) is 9.97 Å². The predicted molar refractivity (Wildman–Crippen MR) is 120 cm³/mol. The van der Waals surface area contributed by atoms with Crippen molar-refractivity contribution in [2.75, 3.05) is 23.3 Å². The highest BCUT2D eigenvalue weighted by molar-refractivity contribution is 7.26. The molecule has 1 N–H and O–H groups in total. The molecule has 0 aliphatic carbocycles. The Kier molecular flexibility index (Phi) is 5.40. The predicted octanol–water partition coefficient (Wildman–Crippen LogP) is 5.86. The molecule has 0 bridgehead atoms. The van der Waals surface area contributed by atoms with Gasteiger partial charge in [0.25, 0.3) is 0 Å². The molecule has 0 atom stereocenters. The second-order valence-corrected chi connectivity index (χ2v) is 8.97. The van der Waals surface area contributed by atoms with E-state index in [4.69, 9.17) is 0 Å². The summed E-state index contributed by atoms with van der Waals surface area (Å²) in [7, 11) is 0. The number of hydrogen-bond acceptors (Lipinski definition) is 5. The van der Waals surface area contributed by atoms with E-state index >= 15 is 0 Å². The number of thiophene rings is 1. The van der Waals surface area contributed by atoms with E-state index in [1.54, 1.807) is 6.07 Å². The van der Waals surface area contributed by atoms with E-state index in [0.717, 1.165) is 21.5 Å². The number of piperidine rings is 1. The van der Waals surface area contributed by atoms with Crippen molar-refractivity contribution in [3.63, 3.8) is 0 Å². The van der Waals surface area contributed by atoms with Gasteiger partial charge in [-0.1, -0.05) is 12.1 Å². The molecule has 0 unspecified atom stereocenters. The third-order valence-electron chi connectivity index (χ3n) is 5.83. The number of nitrogens with one attached hydrogen (secondary N) is 1. The summed E-state index contributed by atoms with van der Waals surface area (Å²) >= 11 is 1.43. The quantitative estimate of drug-likeness (QED) is 0.378. The highest BCUT2D eigenvalue weighted by atomic mass is 32.1. The van der Waals surface area contributed by atoms with Gasteiger partial charge in [-0.15, -0.1) is 11.3 Å². The van der Waals surface area contributed by atoms with Gasteiger partial charge < -0.3 is 10.2 Å². The summed E-state index contributed by atoms with van der Waals surface area (Å²) in [5.41, 5.74) is -0.104. The minimum atomic E-state index is -4.47. The Bertz CT molecular complexity index is 1350. The van der Waals surface area contributed by atoms with Gasteiger partial charge in [-0.2, -0.15) is 13.2 Å². The Morgan fingerprint density at radius 3 is 2.61 bits per heavy atom. The minimum absolute atomic E-state index is 0.127. The average molecular weight is 474 g/mol. The number of amides is 1. The van der Waals surface area contributed by atoms with Gasteiger partial charge in [0.2, 0.25) is 5.91 Å². The van der Waals surface area contributed by atoms with Crippen LogP contribution in [0, 0.1) is 11.7 Å². The van der Waals surface area contributed by atoms with E-state index < -0.39 is 11.7 Å². The number of anilines is 2. The molecule has 33 heavy (non-hydrogen) atoms. The highest BCUT2D eigenvalue weighted by Crippen LogP contribution is 2.39. The SMILES string of the molecule is O=C(Nc1cccc(C(F)(F)F)c1)C1CCN(c2ncnc3c2sc2cccc(F)c23)CC1. The van der Waals surface area contributed by atoms with Gasteiger partial charge in [0, 0.05) is 29.4 Å². The van der Waals surface area contributed by atoms with Crippen molar-refractivity contribution in [1.29, 1.82) is 0 Å². The maximum Gasteiger partial charge on any atom is 0.416 e.